The van der Waals surface area contributed by atoms with Gasteiger partial charge in [0.05, 0.1) is 17.3 Å². The largest absolute Gasteiger partial charge is 0.335 e. The lowest BCUT2D eigenvalue weighted by atomic mass is 10.1. The summed E-state index contributed by atoms with van der Waals surface area (Å²) in [5.41, 5.74) is 2.23. The van der Waals surface area contributed by atoms with E-state index in [0.29, 0.717) is 11.6 Å². The molecule has 1 aromatic heterocycles. The molecular formula is C21H28N4O3S3. The standard InChI is InChI=1S/C21H28N4O3S3/c1-2-15-7-9-16(10-8-15)22-20-23-24-21(30-20)29-13-19(26)25(17-5-3-4-6-17)18-11-12-31(27,28)14-18/h7-10,17-18H,2-6,11-14H2,1H3,(H,22,23). The lowest BCUT2D eigenvalue weighted by Gasteiger charge is -2.34. The van der Waals surface area contributed by atoms with Gasteiger partial charge < -0.3 is 10.2 Å². The number of nitrogens with one attached hydrogen (secondary N) is 1. The third kappa shape index (κ3) is 5.78. The fraction of sp³-hybridized carbons (Fsp3) is 0.571. The van der Waals surface area contributed by atoms with Crippen LogP contribution in [0.4, 0.5) is 10.8 Å². The first-order chi connectivity index (χ1) is 14.9. The molecule has 1 aliphatic carbocycles. The van der Waals surface area contributed by atoms with Gasteiger partial charge in [-0.3, -0.25) is 4.79 Å². The molecule has 1 unspecified atom stereocenters. The zero-order valence-corrected chi connectivity index (χ0v) is 20.1. The van der Waals surface area contributed by atoms with Gasteiger partial charge in [-0.2, -0.15) is 0 Å². The van der Waals surface area contributed by atoms with Crippen LogP contribution in [-0.4, -0.2) is 58.8 Å². The SMILES string of the molecule is CCc1ccc(Nc2nnc(SCC(=O)N(C3CCCC3)C3CCS(=O)(=O)C3)s2)cc1. The van der Waals surface area contributed by atoms with Gasteiger partial charge in [-0.25, -0.2) is 8.42 Å². The van der Waals surface area contributed by atoms with Gasteiger partial charge in [0.25, 0.3) is 0 Å². The number of aromatic nitrogens is 2. The van der Waals surface area contributed by atoms with Crippen LogP contribution in [0.1, 0.15) is 44.6 Å². The number of thioether (sulfide) groups is 1. The fourth-order valence-corrected chi connectivity index (χ4v) is 7.70. The summed E-state index contributed by atoms with van der Waals surface area (Å²) in [7, 11) is -3.03. The number of rotatable bonds is 8. The molecule has 0 bridgehead atoms. The molecule has 0 spiro atoms. The van der Waals surface area contributed by atoms with Crippen molar-refractivity contribution in [3.8, 4) is 0 Å². The van der Waals surface area contributed by atoms with E-state index in [-0.39, 0.29) is 35.2 Å². The Kier molecular flexibility index (Phi) is 7.18. The van der Waals surface area contributed by atoms with Gasteiger partial charge in [0.15, 0.2) is 14.2 Å². The van der Waals surface area contributed by atoms with Crippen molar-refractivity contribution in [1.82, 2.24) is 15.1 Å². The summed E-state index contributed by atoms with van der Waals surface area (Å²) in [6, 6.07) is 8.19. The summed E-state index contributed by atoms with van der Waals surface area (Å²) in [5.74, 6) is 0.557. The molecule has 1 amide bonds. The molecule has 1 aromatic carbocycles. The molecule has 1 atom stereocenters. The maximum Gasteiger partial charge on any atom is 0.233 e. The van der Waals surface area contributed by atoms with Crippen LogP contribution in [0.25, 0.3) is 0 Å². The second-order valence-electron chi connectivity index (χ2n) is 8.13. The van der Waals surface area contributed by atoms with Crippen molar-refractivity contribution in [3.05, 3.63) is 29.8 Å². The van der Waals surface area contributed by atoms with Crippen LogP contribution in [0.5, 0.6) is 0 Å². The van der Waals surface area contributed by atoms with E-state index in [9.17, 15) is 13.2 Å². The van der Waals surface area contributed by atoms with Crippen LogP contribution in [0, 0.1) is 0 Å². The van der Waals surface area contributed by atoms with Gasteiger partial charge >= 0.3 is 0 Å². The number of amides is 1. The monoisotopic (exact) mass is 480 g/mol. The van der Waals surface area contributed by atoms with E-state index in [4.69, 9.17) is 0 Å². The molecule has 0 radical (unpaired) electrons. The predicted molar refractivity (Wildman–Crippen MR) is 126 cm³/mol. The molecule has 1 N–H and O–H groups in total. The first kappa shape index (κ1) is 22.5. The normalized spacial score (nSPS) is 20.7. The molecule has 2 aliphatic rings. The van der Waals surface area contributed by atoms with E-state index in [1.54, 1.807) is 0 Å². The number of nitrogens with zero attached hydrogens (tertiary/aromatic N) is 3. The zero-order valence-electron chi connectivity index (χ0n) is 17.6. The average molecular weight is 481 g/mol. The van der Waals surface area contributed by atoms with Gasteiger partial charge in [0.1, 0.15) is 0 Å². The van der Waals surface area contributed by atoms with Crippen molar-refractivity contribution in [2.24, 2.45) is 0 Å². The van der Waals surface area contributed by atoms with Crippen molar-refractivity contribution in [2.75, 3.05) is 22.6 Å². The van der Waals surface area contributed by atoms with Crippen molar-refractivity contribution >= 4 is 49.7 Å². The Morgan fingerprint density at radius 1 is 1.16 bits per heavy atom. The van der Waals surface area contributed by atoms with Gasteiger partial charge in [0, 0.05) is 17.8 Å². The van der Waals surface area contributed by atoms with Crippen molar-refractivity contribution < 1.29 is 13.2 Å². The van der Waals surface area contributed by atoms with E-state index in [0.717, 1.165) is 42.1 Å². The second-order valence-corrected chi connectivity index (χ2v) is 12.6. The maximum atomic E-state index is 13.1. The number of anilines is 2. The summed E-state index contributed by atoms with van der Waals surface area (Å²) < 4.78 is 24.7. The van der Waals surface area contributed by atoms with E-state index < -0.39 is 9.84 Å². The quantitative estimate of drug-likeness (QED) is 0.573. The lowest BCUT2D eigenvalue weighted by Crippen LogP contribution is -2.47. The van der Waals surface area contributed by atoms with E-state index >= 15 is 0 Å². The smallest absolute Gasteiger partial charge is 0.233 e. The molecule has 1 saturated heterocycles. The Morgan fingerprint density at radius 3 is 2.55 bits per heavy atom. The molecule has 2 heterocycles. The molecule has 2 fully saturated rings. The number of carbonyl (C=O) groups is 1. The highest BCUT2D eigenvalue weighted by Gasteiger charge is 2.38. The number of sulfone groups is 1. The van der Waals surface area contributed by atoms with Crippen LogP contribution >= 0.6 is 23.1 Å². The molecule has 1 aliphatic heterocycles. The highest BCUT2D eigenvalue weighted by atomic mass is 32.2. The van der Waals surface area contributed by atoms with Crippen LogP contribution in [0.15, 0.2) is 28.6 Å². The van der Waals surface area contributed by atoms with Gasteiger partial charge in [0.2, 0.25) is 11.0 Å². The Hall–Kier alpha value is -1.65. The van der Waals surface area contributed by atoms with Gasteiger partial charge in [-0.05, 0) is 43.4 Å². The average Bonchev–Trinajstić information content (AvgIpc) is 3.50. The summed E-state index contributed by atoms with van der Waals surface area (Å²) in [5, 5.41) is 12.3. The number of hydrogen-bond acceptors (Lipinski definition) is 8. The number of carbonyl (C=O) groups excluding carboxylic acids is 1. The minimum absolute atomic E-state index is 0.0128. The van der Waals surface area contributed by atoms with E-state index in [2.05, 4.69) is 34.6 Å². The van der Waals surface area contributed by atoms with Crippen LogP contribution in [0.2, 0.25) is 0 Å². The molecule has 2 aromatic rings. The highest BCUT2D eigenvalue weighted by Crippen LogP contribution is 2.32. The summed E-state index contributed by atoms with van der Waals surface area (Å²) >= 11 is 2.79. The minimum Gasteiger partial charge on any atom is -0.335 e. The Bertz CT molecular complexity index is 1000. The Balaban J connectivity index is 1.36. The molecule has 31 heavy (non-hydrogen) atoms. The first-order valence-electron chi connectivity index (χ1n) is 10.8. The molecular weight excluding hydrogens is 452 g/mol. The summed E-state index contributed by atoms with van der Waals surface area (Å²) in [4.78, 5) is 15.0. The zero-order chi connectivity index (χ0) is 21.8. The minimum atomic E-state index is -3.03. The number of aryl methyl sites for hydroxylation is 1. The topological polar surface area (TPSA) is 92.3 Å². The molecule has 10 heteroatoms. The Labute approximate surface area is 191 Å². The molecule has 168 valence electrons. The summed E-state index contributed by atoms with van der Waals surface area (Å²) in [6.45, 7) is 2.12. The lowest BCUT2D eigenvalue weighted by molar-refractivity contribution is -0.132. The molecule has 1 saturated carbocycles. The molecule has 7 nitrogen and oxygen atoms in total. The van der Waals surface area contributed by atoms with Crippen molar-refractivity contribution in [3.63, 3.8) is 0 Å². The van der Waals surface area contributed by atoms with E-state index in [1.165, 1.54) is 28.7 Å². The highest BCUT2D eigenvalue weighted by molar-refractivity contribution is 8.01. The van der Waals surface area contributed by atoms with E-state index in [1.807, 2.05) is 17.0 Å². The third-order valence-electron chi connectivity index (χ3n) is 5.95. The van der Waals surface area contributed by atoms with Crippen LogP contribution in [0.3, 0.4) is 0 Å². The summed E-state index contributed by atoms with van der Waals surface area (Å²) in [6.07, 6.45) is 5.70. The Morgan fingerprint density at radius 2 is 1.90 bits per heavy atom. The van der Waals surface area contributed by atoms with Gasteiger partial charge in [-0.1, -0.05) is 55.0 Å². The van der Waals surface area contributed by atoms with Crippen LogP contribution in [-0.2, 0) is 21.1 Å². The van der Waals surface area contributed by atoms with Crippen molar-refractivity contribution in [1.29, 1.82) is 0 Å². The van der Waals surface area contributed by atoms with Crippen LogP contribution < -0.4 is 5.32 Å². The van der Waals surface area contributed by atoms with Crippen molar-refractivity contribution in [2.45, 2.75) is 61.9 Å². The second kappa shape index (κ2) is 9.87. The molecule has 4 rings (SSSR count). The first-order valence-corrected chi connectivity index (χ1v) is 14.4. The predicted octanol–water partition coefficient (Wildman–Crippen LogP) is 3.89. The maximum absolute atomic E-state index is 13.1. The fourth-order valence-electron chi connectivity index (χ4n) is 4.35. The number of hydrogen-bond donors (Lipinski definition) is 1. The number of benzene rings is 1. The third-order valence-corrected chi connectivity index (χ3v) is 9.65. The van der Waals surface area contributed by atoms with Gasteiger partial charge in [-0.15, -0.1) is 10.2 Å².